The Morgan fingerprint density at radius 2 is 2.24 bits per heavy atom. The van der Waals surface area contributed by atoms with Gasteiger partial charge in [-0.25, -0.2) is 4.98 Å². The molecule has 2 heterocycles. The molecule has 2 aromatic rings. The summed E-state index contributed by atoms with van der Waals surface area (Å²) in [7, 11) is 0. The zero-order valence-corrected chi connectivity index (χ0v) is 11.3. The fraction of sp³-hybridized carbons (Fsp3) is 0.545. The molecule has 0 amide bonds. The van der Waals surface area contributed by atoms with Gasteiger partial charge in [-0.1, -0.05) is 18.3 Å². The average molecular weight is 266 g/mol. The number of hydrogen-bond acceptors (Lipinski definition) is 6. The van der Waals surface area contributed by atoms with E-state index >= 15 is 0 Å². The van der Waals surface area contributed by atoms with Crippen LogP contribution in [0.15, 0.2) is 6.20 Å². The topological polar surface area (TPSA) is 50.7 Å². The highest BCUT2D eigenvalue weighted by atomic mass is 32.1. The van der Waals surface area contributed by atoms with Crippen LogP contribution in [-0.2, 0) is 0 Å². The number of nitrogens with one attached hydrogen (secondary N) is 1. The van der Waals surface area contributed by atoms with Gasteiger partial charge in [0.2, 0.25) is 5.13 Å². The molecule has 1 N–H and O–H groups in total. The number of rotatable bonds is 5. The Morgan fingerprint density at radius 1 is 1.35 bits per heavy atom. The Kier molecular flexibility index (Phi) is 3.07. The molecule has 4 nitrogen and oxygen atoms in total. The zero-order valence-electron chi connectivity index (χ0n) is 9.64. The SMILES string of the molecule is CCCNc1nnc(-c2cnc(C3CC3)s2)s1. The molecule has 0 spiro atoms. The van der Waals surface area contributed by atoms with Gasteiger partial charge in [0.1, 0.15) is 0 Å². The number of nitrogens with zero attached hydrogens (tertiary/aromatic N) is 3. The summed E-state index contributed by atoms with van der Waals surface area (Å²) in [4.78, 5) is 5.61. The van der Waals surface area contributed by atoms with E-state index in [1.165, 1.54) is 17.8 Å². The molecule has 6 heteroatoms. The van der Waals surface area contributed by atoms with E-state index in [1.54, 1.807) is 22.7 Å². The highest BCUT2D eigenvalue weighted by molar-refractivity contribution is 7.23. The first-order chi connectivity index (χ1) is 8.36. The quantitative estimate of drug-likeness (QED) is 0.901. The van der Waals surface area contributed by atoms with E-state index in [0.29, 0.717) is 0 Å². The predicted octanol–water partition coefficient (Wildman–Crippen LogP) is 3.36. The predicted molar refractivity (Wildman–Crippen MR) is 71.8 cm³/mol. The van der Waals surface area contributed by atoms with Crippen molar-refractivity contribution < 1.29 is 0 Å². The molecule has 0 aromatic carbocycles. The summed E-state index contributed by atoms with van der Waals surface area (Å²) in [5, 5.41) is 14.7. The molecule has 17 heavy (non-hydrogen) atoms. The molecule has 2 aromatic heterocycles. The van der Waals surface area contributed by atoms with Crippen LogP contribution in [0.2, 0.25) is 0 Å². The lowest BCUT2D eigenvalue weighted by Gasteiger charge is -1.94. The van der Waals surface area contributed by atoms with Gasteiger partial charge in [-0.15, -0.1) is 21.5 Å². The van der Waals surface area contributed by atoms with E-state index < -0.39 is 0 Å². The summed E-state index contributed by atoms with van der Waals surface area (Å²) in [5.74, 6) is 0.722. The lowest BCUT2D eigenvalue weighted by Crippen LogP contribution is -1.98. The molecular weight excluding hydrogens is 252 g/mol. The van der Waals surface area contributed by atoms with Crippen LogP contribution in [0, 0.1) is 0 Å². The second-order valence-corrected chi connectivity index (χ2v) is 6.22. The maximum atomic E-state index is 4.46. The van der Waals surface area contributed by atoms with Crippen molar-refractivity contribution in [3.05, 3.63) is 11.2 Å². The maximum absolute atomic E-state index is 4.46. The molecule has 0 atom stereocenters. The van der Waals surface area contributed by atoms with Gasteiger partial charge in [-0.05, 0) is 19.3 Å². The lowest BCUT2D eigenvalue weighted by atomic mass is 10.5. The smallest absolute Gasteiger partial charge is 0.206 e. The molecule has 1 saturated carbocycles. The average Bonchev–Trinajstić information content (AvgIpc) is 2.92. The van der Waals surface area contributed by atoms with Gasteiger partial charge < -0.3 is 5.32 Å². The van der Waals surface area contributed by atoms with Gasteiger partial charge in [0.05, 0.1) is 9.88 Å². The van der Waals surface area contributed by atoms with Crippen LogP contribution >= 0.6 is 22.7 Å². The first kappa shape index (κ1) is 11.1. The van der Waals surface area contributed by atoms with Crippen LogP contribution in [0.4, 0.5) is 5.13 Å². The fourth-order valence-electron chi connectivity index (χ4n) is 1.53. The Morgan fingerprint density at radius 3 is 3.00 bits per heavy atom. The largest absolute Gasteiger partial charge is 0.360 e. The number of anilines is 1. The first-order valence-corrected chi connectivity index (χ1v) is 7.53. The van der Waals surface area contributed by atoms with Crippen molar-refractivity contribution in [2.45, 2.75) is 32.1 Å². The van der Waals surface area contributed by atoms with Crippen molar-refractivity contribution in [3.63, 3.8) is 0 Å². The van der Waals surface area contributed by atoms with Crippen molar-refractivity contribution >= 4 is 27.8 Å². The summed E-state index contributed by atoms with van der Waals surface area (Å²) < 4.78 is 0. The third kappa shape index (κ3) is 2.47. The third-order valence-corrected chi connectivity index (χ3v) is 4.82. The van der Waals surface area contributed by atoms with E-state index in [4.69, 9.17) is 0 Å². The molecule has 1 fully saturated rings. The number of thiazole rings is 1. The fourth-order valence-corrected chi connectivity index (χ4v) is 3.42. The van der Waals surface area contributed by atoms with Crippen LogP contribution in [-0.4, -0.2) is 21.7 Å². The Hall–Kier alpha value is -1.01. The molecule has 0 radical (unpaired) electrons. The van der Waals surface area contributed by atoms with E-state index in [1.807, 2.05) is 6.20 Å². The molecular formula is C11H14N4S2. The second-order valence-electron chi connectivity index (χ2n) is 4.18. The van der Waals surface area contributed by atoms with E-state index in [9.17, 15) is 0 Å². The third-order valence-electron chi connectivity index (χ3n) is 2.61. The standard InChI is InChI=1S/C11H14N4S2/c1-2-5-12-11-15-14-10(17-11)8-6-13-9(16-8)7-3-4-7/h6-7H,2-5H2,1H3,(H,12,15). The van der Waals surface area contributed by atoms with Crippen molar-refractivity contribution in [2.24, 2.45) is 0 Å². The molecule has 0 saturated heterocycles. The van der Waals surface area contributed by atoms with E-state index in [-0.39, 0.29) is 0 Å². The number of aromatic nitrogens is 3. The van der Waals surface area contributed by atoms with Crippen LogP contribution in [0.1, 0.15) is 37.1 Å². The summed E-state index contributed by atoms with van der Waals surface area (Å²) in [6, 6.07) is 0. The van der Waals surface area contributed by atoms with Crippen molar-refractivity contribution in [2.75, 3.05) is 11.9 Å². The summed E-state index contributed by atoms with van der Waals surface area (Å²) in [6.45, 7) is 3.09. The van der Waals surface area contributed by atoms with E-state index in [0.717, 1.165) is 33.9 Å². The second kappa shape index (κ2) is 4.70. The molecule has 0 aliphatic heterocycles. The molecule has 90 valence electrons. The van der Waals surface area contributed by atoms with Crippen molar-refractivity contribution in [1.29, 1.82) is 0 Å². The summed E-state index contributed by atoms with van der Waals surface area (Å²) in [6.07, 6.45) is 5.63. The Bertz CT molecular complexity index is 501. The minimum atomic E-state index is 0.722. The van der Waals surface area contributed by atoms with Crippen LogP contribution < -0.4 is 5.32 Å². The molecule has 1 aliphatic carbocycles. The van der Waals surface area contributed by atoms with Gasteiger partial charge in [0, 0.05) is 18.7 Å². The Balaban J connectivity index is 1.75. The van der Waals surface area contributed by atoms with Crippen molar-refractivity contribution in [1.82, 2.24) is 15.2 Å². The molecule has 1 aliphatic rings. The van der Waals surface area contributed by atoms with Gasteiger partial charge in [-0.3, -0.25) is 0 Å². The van der Waals surface area contributed by atoms with Crippen LogP contribution in [0.25, 0.3) is 9.88 Å². The highest BCUT2D eigenvalue weighted by Crippen LogP contribution is 2.43. The summed E-state index contributed by atoms with van der Waals surface area (Å²) >= 11 is 3.37. The lowest BCUT2D eigenvalue weighted by molar-refractivity contribution is 0.964. The van der Waals surface area contributed by atoms with Crippen LogP contribution in [0.3, 0.4) is 0 Å². The van der Waals surface area contributed by atoms with Crippen molar-refractivity contribution in [3.8, 4) is 9.88 Å². The zero-order chi connectivity index (χ0) is 11.7. The van der Waals surface area contributed by atoms with E-state index in [2.05, 4.69) is 27.4 Å². The number of hydrogen-bond donors (Lipinski definition) is 1. The van der Waals surface area contributed by atoms with Gasteiger partial charge in [-0.2, -0.15) is 0 Å². The minimum Gasteiger partial charge on any atom is -0.360 e. The van der Waals surface area contributed by atoms with Gasteiger partial charge >= 0.3 is 0 Å². The monoisotopic (exact) mass is 266 g/mol. The van der Waals surface area contributed by atoms with Gasteiger partial charge in [0.25, 0.3) is 0 Å². The minimum absolute atomic E-state index is 0.722. The molecule has 0 bridgehead atoms. The molecule has 3 rings (SSSR count). The highest BCUT2D eigenvalue weighted by Gasteiger charge is 2.27. The molecule has 0 unspecified atom stereocenters. The normalized spacial score (nSPS) is 15.1. The summed E-state index contributed by atoms with van der Waals surface area (Å²) in [5.41, 5.74) is 0. The first-order valence-electron chi connectivity index (χ1n) is 5.90. The van der Waals surface area contributed by atoms with Crippen LogP contribution in [0.5, 0.6) is 0 Å². The van der Waals surface area contributed by atoms with Gasteiger partial charge in [0.15, 0.2) is 5.01 Å². The maximum Gasteiger partial charge on any atom is 0.206 e. The Labute approximate surface area is 108 Å².